The molecule has 0 heterocycles. The lowest BCUT2D eigenvalue weighted by atomic mass is 10.7. The highest BCUT2D eigenvalue weighted by atomic mass is 35.7. The van der Waals surface area contributed by atoms with Gasteiger partial charge >= 0.3 is 0 Å². The molecule has 0 saturated heterocycles. The summed E-state index contributed by atoms with van der Waals surface area (Å²) < 4.78 is 12.4. The molecule has 0 radical (unpaired) electrons. The maximum Gasteiger partial charge on any atom is 0.299 e. The molecule has 0 saturated carbocycles. The highest BCUT2D eigenvalue weighted by Crippen LogP contribution is 2.45. The maximum absolute atomic E-state index is 10.8. The number of nitrogens with two attached hydrogens (primary N) is 1. The lowest BCUT2D eigenvalue weighted by Crippen LogP contribution is -2.20. The molecule has 0 aromatic heterocycles. The van der Waals surface area contributed by atoms with E-state index in [9.17, 15) is 4.57 Å². The first-order chi connectivity index (χ1) is 4.02. The van der Waals surface area contributed by atoms with Crippen molar-refractivity contribution in [2.24, 2.45) is 5.50 Å². The van der Waals surface area contributed by atoms with Crippen molar-refractivity contribution < 1.29 is 4.57 Å². The smallest absolute Gasteiger partial charge is 0.271 e. The zero-order valence-corrected chi connectivity index (χ0v) is 7.32. The molecule has 0 fully saturated rings. The van der Waals surface area contributed by atoms with E-state index in [0.717, 1.165) is 0 Å². The number of nitrogens with zero attached hydrogens (tertiary/aromatic N) is 1. The second-order valence-corrected chi connectivity index (χ2v) is 4.79. The molecule has 2 N–H and O–H groups in total. The first kappa shape index (κ1) is 9.44. The van der Waals surface area contributed by atoms with Crippen LogP contribution >= 0.6 is 18.0 Å². The SMILES string of the molecule is CCN(CC)P(N)(=O)Cl. The van der Waals surface area contributed by atoms with Gasteiger partial charge in [0.15, 0.2) is 0 Å². The van der Waals surface area contributed by atoms with Crippen molar-refractivity contribution in [1.29, 1.82) is 0 Å². The molecule has 56 valence electrons. The van der Waals surface area contributed by atoms with Crippen LogP contribution in [0.15, 0.2) is 0 Å². The van der Waals surface area contributed by atoms with E-state index in [1.165, 1.54) is 4.67 Å². The highest BCUT2D eigenvalue weighted by molar-refractivity contribution is 7.85. The minimum Gasteiger partial charge on any atom is -0.271 e. The molecule has 0 aromatic rings. The first-order valence-corrected chi connectivity index (χ1v) is 5.49. The topological polar surface area (TPSA) is 46.3 Å². The van der Waals surface area contributed by atoms with Gasteiger partial charge in [-0.05, 0) is 11.2 Å². The Morgan fingerprint density at radius 2 is 1.89 bits per heavy atom. The molecule has 1 atom stereocenters. The van der Waals surface area contributed by atoms with E-state index in [1.807, 2.05) is 13.8 Å². The van der Waals surface area contributed by atoms with Crippen LogP contribution in [-0.4, -0.2) is 17.8 Å². The van der Waals surface area contributed by atoms with Gasteiger partial charge in [0.2, 0.25) is 0 Å². The van der Waals surface area contributed by atoms with Gasteiger partial charge in [0.25, 0.3) is 6.80 Å². The quantitative estimate of drug-likeness (QED) is 0.655. The van der Waals surface area contributed by atoms with Crippen LogP contribution in [0.1, 0.15) is 13.8 Å². The summed E-state index contributed by atoms with van der Waals surface area (Å²) in [5, 5.41) is 0. The van der Waals surface area contributed by atoms with Gasteiger partial charge in [0, 0.05) is 13.1 Å². The molecular weight excluding hydrogens is 158 g/mol. The largest absolute Gasteiger partial charge is 0.299 e. The van der Waals surface area contributed by atoms with Gasteiger partial charge in [0.1, 0.15) is 0 Å². The number of hydrogen-bond donors (Lipinski definition) is 1. The Bertz CT molecular complexity index is 120. The summed E-state index contributed by atoms with van der Waals surface area (Å²) in [5.74, 6) is 0. The maximum atomic E-state index is 10.8. The number of rotatable bonds is 3. The van der Waals surface area contributed by atoms with Gasteiger partial charge in [-0.15, -0.1) is 0 Å². The highest BCUT2D eigenvalue weighted by Gasteiger charge is 2.18. The Hall–Kier alpha value is 0.440. The summed E-state index contributed by atoms with van der Waals surface area (Å²) in [5.41, 5.74) is 5.15. The van der Waals surface area contributed by atoms with E-state index in [-0.39, 0.29) is 0 Å². The summed E-state index contributed by atoms with van der Waals surface area (Å²) in [6, 6.07) is 0. The van der Waals surface area contributed by atoms with Crippen LogP contribution in [0.25, 0.3) is 0 Å². The average molecular weight is 171 g/mol. The van der Waals surface area contributed by atoms with Crippen LogP contribution in [0.5, 0.6) is 0 Å². The third kappa shape index (κ3) is 3.21. The molecule has 0 bridgehead atoms. The van der Waals surface area contributed by atoms with Crippen LogP contribution in [0, 0.1) is 0 Å². The van der Waals surface area contributed by atoms with Crippen LogP contribution in [-0.2, 0) is 4.57 Å². The molecule has 5 heteroatoms. The Kier molecular flexibility index (Phi) is 3.74. The molecule has 0 amide bonds. The van der Waals surface area contributed by atoms with Gasteiger partial charge in [0.05, 0.1) is 0 Å². The molecule has 0 rings (SSSR count). The fourth-order valence-electron chi connectivity index (χ4n) is 0.609. The lowest BCUT2D eigenvalue weighted by molar-refractivity contribution is 0.456. The Balaban J connectivity index is 3.96. The summed E-state index contributed by atoms with van der Waals surface area (Å²) in [6.07, 6.45) is 0. The van der Waals surface area contributed by atoms with E-state index >= 15 is 0 Å². The van der Waals surface area contributed by atoms with Crippen LogP contribution in [0.3, 0.4) is 0 Å². The number of hydrogen-bond acceptors (Lipinski definition) is 1. The molecule has 3 nitrogen and oxygen atoms in total. The molecule has 0 aliphatic carbocycles. The fraction of sp³-hybridized carbons (Fsp3) is 1.00. The monoisotopic (exact) mass is 170 g/mol. The average Bonchev–Trinajstić information content (AvgIpc) is 1.65. The minimum atomic E-state index is -2.97. The normalized spacial score (nSPS) is 17.9. The zero-order chi connectivity index (χ0) is 7.49. The molecule has 0 aromatic carbocycles. The second-order valence-electron chi connectivity index (χ2n) is 1.68. The van der Waals surface area contributed by atoms with Gasteiger partial charge in [-0.3, -0.25) is 10.1 Å². The standard InChI is InChI=1S/C4H12ClN2OP/c1-3-7(4-2)9(5,6)8/h3-4H2,1-2H3,(H2,6,8). The first-order valence-electron chi connectivity index (χ1n) is 2.86. The third-order valence-corrected chi connectivity index (χ3v) is 3.09. The fourth-order valence-corrected chi connectivity index (χ4v) is 2.02. The number of halogens is 1. The molecular formula is C4H12ClN2OP. The molecule has 1 unspecified atom stereocenters. The molecule has 0 aliphatic rings. The molecule has 0 spiro atoms. The lowest BCUT2D eigenvalue weighted by Gasteiger charge is -2.19. The van der Waals surface area contributed by atoms with Crippen LogP contribution in [0.2, 0.25) is 0 Å². The van der Waals surface area contributed by atoms with Crippen molar-refractivity contribution in [2.75, 3.05) is 13.1 Å². The van der Waals surface area contributed by atoms with Crippen molar-refractivity contribution in [2.45, 2.75) is 13.8 Å². The minimum absolute atomic E-state index is 0.633. The van der Waals surface area contributed by atoms with E-state index in [4.69, 9.17) is 16.7 Å². The third-order valence-electron chi connectivity index (χ3n) is 1.12. The van der Waals surface area contributed by atoms with E-state index in [2.05, 4.69) is 0 Å². The summed E-state index contributed by atoms with van der Waals surface area (Å²) >= 11 is 5.36. The van der Waals surface area contributed by atoms with Crippen molar-refractivity contribution >= 4 is 18.0 Å². The van der Waals surface area contributed by atoms with Gasteiger partial charge < -0.3 is 0 Å². The Morgan fingerprint density at radius 1 is 1.56 bits per heavy atom. The summed E-state index contributed by atoms with van der Waals surface area (Å²) in [7, 11) is 0. The van der Waals surface area contributed by atoms with Crippen molar-refractivity contribution in [3.63, 3.8) is 0 Å². The van der Waals surface area contributed by atoms with Crippen LogP contribution in [0.4, 0.5) is 0 Å². The second kappa shape index (κ2) is 3.57. The van der Waals surface area contributed by atoms with E-state index in [0.29, 0.717) is 13.1 Å². The van der Waals surface area contributed by atoms with Gasteiger partial charge in [-0.25, -0.2) is 4.67 Å². The van der Waals surface area contributed by atoms with Crippen molar-refractivity contribution in [3.8, 4) is 0 Å². The predicted molar refractivity (Wildman–Crippen MR) is 40.6 cm³/mol. The summed E-state index contributed by atoms with van der Waals surface area (Å²) in [4.78, 5) is 0. The zero-order valence-electron chi connectivity index (χ0n) is 5.67. The summed E-state index contributed by atoms with van der Waals surface area (Å²) in [6.45, 7) is 2.03. The van der Waals surface area contributed by atoms with Crippen molar-refractivity contribution in [1.82, 2.24) is 4.67 Å². The molecule has 9 heavy (non-hydrogen) atoms. The Morgan fingerprint density at radius 3 is 1.89 bits per heavy atom. The van der Waals surface area contributed by atoms with Gasteiger partial charge in [-0.1, -0.05) is 13.8 Å². The van der Waals surface area contributed by atoms with Gasteiger partial charge in [-0.2, -0.15) is 0 Å². The predicted octanol–water partition coefficient (Wildman–Crippen LogP) is 1.63. The van der Waals surface area contributed by atoms with E-state index in [1.54, 1.807) is 0 Å². The van der Waals surface area contributed by atoms with E-state index < -0.39 is 6.80 Å². The van der Waals surface area contributed by atoms with Crippen LogP contribution < -0.4 is 5.50 Å². The molecule has 0 aliphatic heterocycles. The Labute approximate surface area is 60.4 Å². The van der Waals surface area contributed by atoms with Crippen molar-refractivity contribution in [3.05, 3.63) is 0 Å².